The summed E-state index contributed by atoms with van der Waals surface area (Å²) < 4.78 is 5.79. The highest BCUT2D eigenvalue weighted by Gasteiger charge is 2.27. The Bertz CT molecular complexity index is 425. The number of ether oxygens (including phenoxy) is 1. The highest BCUT2D eigenvalue weighted by molar-refractivity contribution is 9.10. The maximum Gasteiger partial charge on any atom is 0.314 e. The van der Waals surface area contributed by atoms with Gasteiger partial charge < -0.3 is 20.5 Å². The minimum Gasteiger partial charge on any atom is -0.383 e. The molecule has 0 radical (unpaired) electrons. The van der Waals surface area contributed by atoms with Gasteiger partial charge in [-0.25, -0.2) is 4.79 Å². The zero-order chi connectivity index (χ0) is 15.0. The van der Waals surface area contributed by atoms with Gasteiger partial charge in [0.2, 0.25) is 0 Å². The van der Waals surface area contributed by atoms with Gasteiger partial charge in [-0.05, 0) is 24.1 Å². The number of carbonyl (C=O) groups excluding carboxylic acids is 1. The number of nitrogens with one attached hydrogen (secondary N) is 2. The fourth-order valence-electron chi connectivity index (χ4n) is 1.75. The lowest BCUT2D eigenvalue weighted by molar-refractivity contribution is 0.0351. The van der Waals surface area contributed by atoms with Gasteiger partial charge in [-0.1, -0.05) is 35.0 Å². The van der Waals surface area contributed by atoms with E-state index in [4.69, 9.17) is 4.74 Å². The fourth-order valence-corrected chi connectivity index (χ4v) is 2.01. The molecule has 0 spiro atoms. The molecule has 0 saturated carbocycles. The Balaban J connectivity index is 2.57. The van der Waals surface area contributed by atoms with E-state index in [2.05, 4.69) is 26.6 Å². The molecular weight excluding hydrogens is 324 g/mol. The molecule has 0 saturated heterocycles. The van der Waals surface area contributed by atoms with Gasteiger partial charge in [0.1, 0.15) is 5.60 Å². The van der Waals surface area contributed by atoms with Gasteiger partial charge in [-0.3, -0.25) is 0 Å². The van der Waals surface area contributed by atoms with E-state index in [1.54, 1.807) is 7.11 Å². The summed E-state index contributed by atoms with van der Waals surface area (Å²) in [4.78, 5) is 11.6. The van der Waals surface area contributed by atoms with Crippen molar-refractivity contribution in [2.75, 3.05) is 26.8 Å². The minimum atomic E-state index is -1.07. The van der Waals surface area contributed by atoms with E-state index in [9.17, 15) is 9.90 Å². The van der Waals surface area contributed by atoms with Crippen LogP contribution in [0.1, 0.15) is 18.9 Å². The van der Waals surface area contributed by atoms with Crippen LogP contribution < -0.4 is 10.6 Å². The van der Waals surface area contributed by atoms with Crippen LogP contribution in [0.2, 0.25) is 0 Å². The van der Waals surface area contributed by atoms with Crippen LogP contribution in [0.4, 0.5) is 4.79 Å². The number of hydrogen-bond acceptors (Lipinski definition) is 3. The van der Waals surface area contributed by atoms with Crippen LogP contribution in [0.5, 0.6) is 0 Å². The molecule has 0 aliphatic carbocycles. The number of methoxy groups -OCH3 is 1. The van der Waals surface area contributed by atoms with E-state index >= 15 is 0 Å². The van der Waals surface area contributed by atoms with E-state index in [0.29, 0.717) is 19.6 Å². The standard InChI is InChI=1S/C14H21BrN2O3/c1-3-14(19,11-4-6-12(15)7-5-11)10-17-13(18)16-8-9-20-2/h4-7,19H,3,8-10H2,1-2H3,(H2,16,17,18)/t14-/m1/s1. The van der Waals surface area contributed by atoms with Crippen LogP contribution in [-0.4, -0.2) is 37.9 Å². The first-order valence-corrected chi connectivity index (χ1v) is 7.30. The molecule has 0 bridgehead atoms. The predicted octanol–water partition coefficient (Wildman–Crippen LogP) is 1.99. The molecule has 0 fully saturated rings. The van der Waals surface area contributed by atoms with E-state index in [1.165, 1.54) is 0 Å². The van der Waals surface area contributed by atoms with Crippen LogP contribution in [0.15, 0.2) is 28.7 Å². The summed E-state index contributed by atoms with van der Waals surface area (Å²) in [5.74, 6) is 0. The molecule has 1 atom stereocenters. The van der Waals surface area contributed by atoms with Crippen molar-refractivity contribution in [1.29, 1.82) is 0 Å². The van der Waals surface area contributed by atoms with Crippen molar-refractivity contribution < 1.29 is 14.6 Å². The van der Waals surface area contributed by atoms with Gasteiger partial charge >= 0.3 is 6.03 Å². The molecule has 20 heavy (non-hydrogen) atoms. The van der Waals surface area contributed by atoms with E-state index in [1.807, 2.05) is 31.2 Å². The summed E-state index contributed by atoms with van der Waals surface area (Å²) in [5, 5.41) is 15.9. The molecule has 6 heteroatoms. The van der Waals surface area contributed by atoms with Crippen molar-refractivity contribution in [3.63, 3.8) is 0 Å². The van der Waals surface area contributed by atoms with Crippen molar-refractivity contribution in [1.82, 2.24) is 10.6 Å². The van der Waals surface area contributed by atoms with Crippen LogP contribution in [0.25, 0.3) is 0 Å². The second kappa shape index (κ2) is 8.24. The molecule has 5 nitrogen and oxygen atoms in total. The monoisotopic (exact) mass is 344 g/mol. The second-order valence-corrected chi connectivity index (χ2v) is 5.41. The van der Waals surface area contributed by atoms with Crippen LogP contribution in [-0.2, 0) is 10.3 Å². The first-order chi connectivity index (χ1) is 9.51. The highest BCUT2D eigenvalue weighted by atomic mass is 79.9. The third-order valence-corrected chi connectivity index (χ3v) is 3.63. The molecule has 2 amide bonds. The number of rotatable bonds is 7. The second-order valence-electron chi connectivity index (χ2n) is 4.49. The largest absolute Gasteiger partial charge is 0.383 e. The van der Waals surface area contributed by atoms with Crippen LogP contribution in [0, 0.1) is 0 Å². The van der Waals surface area contributed by atoms with Crippen molar-refractivity contribution in [2.45, 2.75) is 18.9 Å². The lowest BCUT2D eigenvalue weighted by atomic mass is 9.91. The topological polar surface area (TPSA) is 70.6 Å². The SMILES string of the molecule is CC[C@@](O)(CNC(=O)NCCOC)c1ccc(Br)cc1. The number of urea groups is 1. The normalized spacial score (nSPS) is 13.6. The Morgan fingerprint density at radius 1 is 1.35 bits per heavy atom. The summed E-state index contributed by atoms with van der Waals surface area (Å²) in [6, 6.07) is 7.12. The first kappa shape index (κ1) is 16.9. The van der Waals surface area contributed by atoms with Gasteiger partial charge in [-0.15, -0.1) is 0 Å². The molecule has 0 aliphatic rings. The number of amides is 2. The molecular formula is C14H21BrN2O3. The van der Waals surface area contributed by atoms with E-state index in [-0.39, 0.29) is 12.6 Å². The maximum absolute atomic E-state index is 11.6. The van der Waals surface area contributed by atoms with Gasteiger partial charge in [-0.2, -0.15) is 0 Å². The Hall–Kier alpha value is -1.11. The quantitative estimate of drug-likeness (QED) is 0.662. The van der Waals surface area contributed by atoms with Crippen LogP contribution in [0.3, 0.4) is 0 Å². The molecule has 0 heterocycles. The summed E-state index contributed by atoms with van der Waals surface area (Å²) >= 11 is 3.36. The Morgan fingerprint density at radius 3 is 2.55 bits per heavy atom. The number of halogens is 1. The maximum atomic E-state index is 11.6. The third kappa shape index (κ3) is 5.11. The Morgan fingerprint density at radius 2 is 2.00 bits per heavy atom. The average molecular weight is 345 g/mol. The molecule has 1 aromatic rings. The molecule has 3 N–H and O–H groups in total. The zero-order valence-corrected chi connectivity index (χ0v) is 13.4. The smallest absolute Gasteiger partial charge is 0.314 e. The van der Waals surface area contributed by atoms with Gasteiger partial charge in [0.25, 0.3) is 0 Å². The summed E-state index contributed by atoms with van der Waals surface area (Å²) in [6.45, 7) is 2.93. The zero-order valence-electron chi connectivity index (χ0n) is 11.8. The Kier molecular flexibility index (Phi) is 6.98. The number of benzene rings is 1. The minimum absolute atomic E-state index is 0.157. The summed E-state index contributed by atoms with van der Waals surface area (Å²) in [6.07, 6.45) is 0.507. The lowest BCUT2D eigenvalue weighted by Crippen LogP contribution is -2.45. The lowest BCUT2D eigenvalue weighted by Gasteiger charge is -2.27. The molecule has 1 rings (SSSR count). The van der Waals surface area contributed by atoms with E-state index in [0.717, 1.165) is 10.0 Å². The van der Waals surface area contributed by atoms with Gasteiger partial charge in [0.05, 0.1) is 13.2 Å². The first-order valence-electron chi connectivity index (χ1n) is 6.51. The third-order valence-electron chi connectivity index (χ3n) is 3.10. The number of aliphatic hydroxyl groups is 1. The molecule has 0 unspecified atom stereocenters. The highest BCUT2D eigenvalue weighted by Crippen LogP contribution is 2.25. The molecule has 112 valence electrons. The van der Waals surface area contributed by atoms with Gasteiger partial charge in [0, 0.05) is 18.1 Å². The molecule has 1 aromatic carbocycles. The van der Waals surface area contributed by atoms with Crippen LogP contribution >= 0.6 is 15.9 Å². The van der Waals surface area contributed by atoms with E-state index < -0.39 is 5.60 Å². The average Bonchev–Trinajstić information content (AvgIpc) is 2.46. The number of hydrogen-bond donors (Lipinski definition) is 3. The molecule has 0 aliphatic heterocycles. The number of carbonyl (C=O) groups is 1. The van der Waals surface area contributed by atoms with Crippen molar-refractivity contribution in [3.05, 3.63) is 34.3 Å². The predicted molar refractivity (Wildman–Crippen MR) is 81.6 cm³/mol. The Labute approximate surface area is 127 Å². The van der Waals surface area contributed by atoms with Crippen molar-refractivity contribution in [3.8, 4) is 0 Å². The summed E-state index contributed by atoms with van der Waals surface area (Å²) in [7, 11) is 1.57. The molecule has 0 aromatic heterocycles. The van der Waals surface area contributed by atoms with Gasteiger partial charge in [0.15, 0.2) is 0 Å². The van der Waals surface area contributed by atoms with Crippen molar-refractivity contribution in [2.24, 2.45) is 0 Å². The van der Waals surface area contributed by atoms with Crippen molar-refractivity contribution >= 4 is 22.0 Å². The summed E-state index contributed by atoms with van der Waals surface area (Å²) in [5.41, 5.74) is -0.292. The fraction of sp³-hybridized carbons (Fsp3) is 0.500.